The monoisotopic (exact) mass is 252 g/mol. The van der Waals surface area contributed by atoms with Crippen LogP contribution >= 0.6 is 0 Å². The SMILES string of the molecule is CC[C@@H](CC[S+](C)Cc1ccccn1)C(C)=O. The number of carbonyl (C=O) groups is 1. The minimum absolute atomic E-state index is 0.258. The third kappa shape index (κ3) is 5.35. The van der Waals surface area contributed by atoms with Crippen LogP contribution in [0.1, 0.15) is 32.4 Å². The van der Waals surface area contributed by atoms with Crippen LogP contribution < -0.4 is 0 Å². The van der Waals surface area contributed by atoms with Crippen LogP contribution in [0.5, 0.6) is 0 Å². The first kappa shape index (κ1) is 14.2. The van der Waals surface area contributed by atoms with E-state index in [4.69, 9.17) is 0 Å². The van der Waals surface area contributed by atoms with Crippen molar-refractivity contribution < 1.29 is 4.79 Å². The predicted octanol–water partition coefficient (Wildman–Crippen LogP) is 2.84. The lowest BCUT2D eigenvalue weighted by atomic mass is 10.00. The van der Waals surface area contributed by atoms with Crippen LogP contribution in [0.15, 0.2) is 24.4 Å². The molecule has 1 aromatic heterocycles. The molecule has 2 nitrogen and oxygen atoms in total. The zero-order chi connectivity index (χ0) is 12.7. The van der Waals surface area contributed by atoms with Gasteiger partial charge >= 0.3 is 0 Å². The predicted molar refractivity (Wildman–Crippen MR) is 75.2 cm³/mol. The molecule has 1 heterocycles. The van der Waals surface area contributed by atoms with Gasteiger partial charge in [-0.15, -0.1) is 0 Å². The fourth-order valence-electron chi connectivity index (χ4n) is 1.85. The van der Waals surface area contributed by atoms with Gasteiger partial charge in [0.05, 0.1) is 11.9 Å². The summed E-state index contributed by atoms with van der Waals surface area (Å²) in [5.74, 6) is 2.76. The molecule has 0 radical (unpaired) electrons. The molecule has 1 aromatic rings. The standard InChI is InChI=1S/C14H22NOS/c1-4-13(12(2)16)8-10-17(3)11-14-7-5-6-9-15-14/h5-7,9,13H,4,8,10-11H2,1-3H3/q+1/t13-,17?/m0/s1. The van der Waals surface area contributed by atoms with Gasteiger partial charge in [0.1, 0.15) is 17.3 Å². The largest absolute Gasteiger partial charge is 0.300 e. The fraction of sp³-hybridized carbons (Fsp3) is 0.571. The van der Waals surface area contributed by atoms with E-state index in [0.29, 0.717) is 16.7 Å². The van der Waals surface area contributed by atoms with Gasteiger partial charge < -0.3 is 0 Å². The van der Waals surface area contributed by atoms with E-state index in [0.717, 1.165) is 30.0 Å². The van der Waals surface area contributed by atoms with Crippen LogP contribution in [0.4, 0.5) is 0 Å². The Balaban J connectivity index is 2.35. The Morgan fingerprint density at radius 3 is 2.76 bits per heavy atom. The number of nitrogens with zero attached hydrogens (tertiary/aromatic N) is 1. The number of ketones is 1. The molecule has 0 aliphatic rings. The second kappa shape index (κ2) is 7.49. The molecule has 0 amide bonds. The molecular weight excluding hydrogens is 230 g/mol. The zero-order valence-electron chi connectivity index (χ0n) is 11.0. The molecule has 1 rings (SSSR count). The number of aromatic nitrogens is 1. The smallest absolute Gasteiger partial charge is 0.149 e. The molecule has 0 N–H and O–H groups in total. The van der Waals surface area contributed by atoms with Crippen LogP contribution in [0, 0.1) is 5.92 Å². The molecule has 0 aliphatic heterocycles. The summed E-state index contributed by atoms with van der Waals surface area (Å²) in [6.07, 6.45) is 6.10. The molecule has 17 heavy (non-hydrogen) atoms. The molecule has 0 spiro atoms. The summed E-state index contributed by atoms with van der Waals surface area (Å²) >= 11 is 0. The van der Waals surface area contributed by atoms with Crippen LogP contribution in [0.2, 0.25) is 0 Å². The van der Waals surface area contributed by atoms with Crippen LogP contribution in [-0.4, -0.2) is 22.8 Å². The van der Waals surface area contributed by atoms with Crippen molar-refractivity contribution in [2.75, 3.05) is 12.0 Å². The maximum Gasteiger partial charge on any atom is 0.149 e. The highest BCUT2D eigenvalue weighted by molar-refractivity contribution is 7.95. The van der Waals surface area contributed by atoms with E-state index in [2.05, 4.69) is 24.2 Å². The van der Waals surface area contributed by atoms with Gasteiger partial charge in [-0.25, -0.2) is 0 Å². The Bertz CT molecular complexity index is 339. The van der Waals surface area contributed by atoms with Crippen LogP contribution in [0.25, 0.3) is 0 Å². The topological polar surface area (TPSA) is 30.0 Å². The molecule has 0 aromatic carbocycles. The summed E-state index contributed by atoms with van der Waals surface area (Å²) in [6.45, 7) is 3.80. The third-order valence-electron chi connectivity index (χ3n) is 3.00. The number of hydrogen-bond acceptors (Lipinski definition) is 2. The van der Waals surface area contributed by atoms with Gasteiger partial charge in [0.15, 0.2) is 0 Å². The summed E-state index contributed by atoms with van der Waals surface area (Å²) in [4.78, 5) is 15.7. The highest BCUT2D eigenvalue weighted by atomic mass is 32.2. The Morgan fingerprint density at radius 1 is 1.47 bits per heavy atom. The number of rotatable bonds is 7. The van der Waals surface area contributed by atoms with Gasteiger partial charge in [-0.2, -0.15) is 0 Å². The van der Waals surface area contributed by atoms with Crippen molar-refractivity contribution in [3.05, 3.63) is 30.1 Å². The number of carbonyl (C=O) groups excluding carboxylic acids is 1. The summed E-state index contributed by atoms with van der Waals surface area (Å²) in [7, 11) is 0.326. The van der Waals surface area contributed by atoms with Crippen molar-refractivity contribution in [1.29, 1.82) is 0 Å². The first-order valence-corrected chi connectivity index (χ1v) is 8.10. The first-order valence-electron chi connectivity index (χ1n) is 6.13. The average Bonchev–Trinajstić information content (AvgIpc) is 2.30. The van der Waals surface area contributed by atoms with E-state index >= 15 is 0 Å². The van der Waals surface area contributed by atoms with E-state index in [1.165, 1.54) is 0 Å². The van der Waals surface area contributed by atoms with E-state index in [1.54, 1.807) is 6.92 Å². The van der Waals surface area contributed by atoms with Gasteiger partial charge in [0.2, 0.25) is 0 Å². The molecule has 0 saturated carbocycles. The van der Waals surface area contributed by atoms with Gasteiger partial charge in [0, 0.05) is 18.5 Å². The van der Waals surface area contributed by atoms with Crippen LogP contribution in [-0.2, 0) is 21.4 Å². The quantitative estimate of drug-likeness (QED) is 0.698. The normalized spacial score (nSPS) is 14.3. The molecule has 0 bridgehead atoms. The second-order valence-electron chi connectivity index (χ2n) is 4.46. The lowest BCUT2D eigenvalue weighted by molar-refractivity contribution is -0.120. The maximum atomic E-state index is 11.3. The van der Waals surface area contributed by atoms with Crippen molar-refractivity contribution in [3.8, 4) is 0 Å². The molecule has 3 heteroatoms. The van der Waals surface area contributed by atoms with E-state index in [9.17, 15) is 4.79 Å². The Hall–Kier alpha value is -0.830. The lowest BCUT2D eigenvalue weighted by Gasteiger charge is -2.10. The number of hydrogen-bond donors (Lipinski definition) is 0. The minimum Gasteiger partial charge on any atom is -0.300 e. The Labute approximate surface area is 107 Å². The Kier molecular flexibility index (Phi) is 6.27. The van der Waals surface area contributed by atoms with Gasteiger partial charge in [-0.3, -0.25) is 9.78 Å². The van der Waals surface area contributed by atoms with Gasteiger partial charge in [-0.1, -0.05) is 13.0 Å². The Morgan fingerprint density at radius 2 is 2.24 bits per heavy atom. The van der Waals surface area contributed by atoms with Gasteiger partial charge in [-0.05, 0) is 36.4 Å². The van der Waals surface area contributed by atoms with Crippen molar-refractivity contribution in [1.82, 2.24) is 4.98 Å². The van der Waals surface area contributed by atoms with E-state index < -0.39 is 0 Å². The molecule has 0 fully saturated rings. The summed E-state index contributed by atoms with van der Waals surface area (Å²) in [5, 5.41) is 0. The highest BCUT2D eigenvalue weighted by Gasteiger charge is 2.18. The first-order chi connectivity index (χ1) is 8.13. The average molecular weight is 252 g/mol. The molecule has 94 valence electrons. The molecule has 0 saturated heterocycles. The van der Waals surface area contributed by atoms with Crippen LogP contribution in [0.3, 0.4) is 0 Å². The van der Waals surface area contributed by atoms with E-state index in [1.807, 2.05) is 18.3 Å². The second-order valence-corrected chi connectivity index (χ2v) is 6.72. The molecule has 1 unspecified atom stereocenters. The van der Waals surface area contributed by atoms with Gasteiger partial charge in [0.25, 0.3) is 0 Å². The molecular formula is C14H22NOS+. The molecule has 2 atom stereocenters. The lowest BCUT2D eigenvalue weighted by Crippen LogP contribution is -2.17. The number of Topliss-reactive ketones (excluding diaryl/α,β-unsaturated/α-hetero) is 1. The maximum absolute atomic E-state index is 11.3. The zero-order valence-corrected chi connectivity index (χ0v) is 11.8. The van der Waals surface area contributed by atoms with E-state index in [-0.39, 0.29) is 5.92 Å². The minimum atomic E-state index is 0.258. The van der Waals surface area contributed by atoms with Crippen molar-refractivity contribution >= 4 is 16.7 Å². The third-order valence-corrected chi connectivity index (χ3v) is 4.72. The number of pyridine rings is 1. The fourth-order valence-corrected chi connectivity index (χ4v) is 3.35. The highest BCUT2D eigenvalue weighted by Crippen LogP contribution is 2.13. The van der Waals surface area contributed by atoms with Crippen molar-refractivity contribution in [3.63, 3.8) is 0 Å². The molecule has 0 aliphatic carbocycles. The van der Waals surface area contributed by atoms with Crippen molar-refractivity contribution in [2.45, 2.75) is 32.4 Å². The summed E-state index contributed by atoms with van der Waals surface area (Å²) in [5.41, 5.74) is 1.16. The summed E-state index contributed by atoms with van der Waals surface area (Å²) in [6, 6.07) is 6.05. The van der Waals surface area contributed by atoms with Crippen molar-refractivity contribution in [2.24, 2.45) is 5.92 Å². The summed E-state index contributed by atoms with van der Waals surface area (Å²) < 4.78 is 0.